The number of hydrogen-bond acceptors (Lipinski definition) is 4. The second kappa shape index (κ2) is 6.90. The molecule has 0 atom stereocenters. The highest BCUT2D eigenvalue weighted by Crippen LogP contribution is 2.28. The standard InChI is InChI=1S/C12H14BrN3O2/c1-3-4-10(8-14-2)15-11-6-5-9(13)7-12(11)16(17)18/h4-8,15H,3H2,1-2H3/b10-4+,14-8?. The molecule has 1 aromatic rings. The summed E-state index contributed by atoms with van der Waals surface area (Å²) in [4.78, 5) is 14.5. The molecule has 1 rings (SSSR count). The van der Waals surface area contributed by atoms with Crippen LogP contribution in [0.5, 0.6) is 0 Å². The number of nitro groups is 1. The van der Waals surface area contributed by atoms with Gasteiger partial charge >= 0.3 is 0 Å². The normalized spacial score (nSPS) is 11.8. The highest BCUT2D eigenvalue weighted by molar-refractivity contribution is 9.10. The van der Waals surface area contributed by atoms with E-state index < -0.39 is 4.92 Å². The molecule has 1 aromatic carbocycles. The molecule has 18 heavy (non-hydrogen) atoms. The van der Waals surface area contributed by atoms with Crippen LogP contribution in [0.3, 0.4) is 0 Å². The van der Waals surface area contributed by atoms with Crippen LogP contribution in [0, 0.1) is 10.1 Å². The van der Waals surface area contributed by atoms with Gasteiger partial charge in [-0.3, -0.25) is 15.1 Å². The van der Waals surface area contributed by atoms with Crippen LogP contribution in [0.25, 0.3) is 0 Å². The number of hydrogen-bond donors (Lipinski definition) is 1. The van der Waals surface area contributed by atoms with E-state index in [9.17, 15) is 10.1 Å². The van der Waals surface area contributed by atoms with Crippen molar-refractivity contribution in [3.8, 4) is 0 Å². The summed E-state index contributed by atoms with van der Waals surface area (Å²) in [6.45, 7) is 1.99. The van der Waals surface area contributed by atoms with Gasteiger partial charge in [0.1, 0.15) is 5.69 Å². The molecule has 0 aliphatic heterocycles. The van der Waals surface area contributed by atoms with Gasteiger partial charge in [-0.25, -0.2) is 0 Å². The second-order valence-electron chi connectivity index (χ2n) is 3.50. The van der Waals surface area contributed by atoms with Crippen LogP contribution in [0.4, 0.5) is 11.4 Å². The van der Waals surface area contributed by atoms with Crippen molar-refractivity contribution in [3.05, 3.63) is 44.6 Å². The van der Waals surface area contributed by atoms with Crippen LogP contribution in [-0.2, 0) is 0 Å². The van der Waals surface area contributed by atoms with Gasteiger partial charge in [0.05, 0.1) is 10.6 Å². The number of allylic oxidation sites excluding steroid dienone is 2. The van der Waals surface area contributed by atoms with Crippen LogP contribution in [-0.4, -0.2) is 18.2 Å². The molecule has 0 unspecified atom stereocenters. The van der Waals surface area contributed by atoms with Crippen molar-refractivity contribution in [1.82, 2.24) is 0 Å². The predicted octanol–water partition coefficient (Wildman–Crippen LogP) is 3.76. The zero-order chi connectivity index (χ0) is 13.5. The molecule has 0 saturated heterocycles. The molecule has 5 nitrogen and oxygen atoms in total. The van der Waals surface area contributed by atoms with E-state index in [-0.39, 0.29) is 5.69 Å². The Morgan fingerprint density at radius 3 is 2.89 bits per heavy atom. The van der Waals surface area contributed by atoms with Crippen molar-refractivity contribution < 1.29 is 4.92 Å². The number of nitrogens with one attached hydrogen (secondary N) is 1. The minimum Gasteiger partial charge on any atom is -0.349 e. The summed E-state index contributed by atoms with van der Waals surface area (Å²) in [5.74, 6) is 0. The lowest BCUT2D eigenvalue weighted by Gasteiger charge is -2.07. The molecule has 6 heteroatoms. The van der Waals surface area contributed by atoms with Crippen molar-refractivity contribution in [2.24, 2.45) is 4.99 Å². The predicted molar refractivity (Wildman–Crippen MR) is 77.2 cm³/mol. The van der Waals surface area contributed by atoms with E-state index in [0.717, 1.165) is 12.1 Å². The van der Waals surface area contributed by atoms with Crippen molar-refractivity contribution in [2.75, 3.05) is 12.4 Å². The summed E-state index contributed by atoms with van der Waals surface area (Å²) in [6.07, 6.45) is 4.37. The third kappa shape index (κ3) is 3.96. The van der Waals surface area contributed by atoms with E-state index in [1.165, 1.54) is 6.07 Å². The molecule has 0 bridgehead atoms. The number of nitrogens with zero attached hydrogens (tertiary/aromatic N) is 2. The maximum Gasteiger partial charge on any atom is 0.293 e. The second-order valence-corrected chi connectivity index (χ2v) is 4.41. The Morgan fingerprint density at radius 2 is 2.33 bits per heavy atom. The first-order valence-electron chi connectivity index (χ1n) is 5.41. The Bertz CT molecular complexity index is 498. The van der Waals surface area contributed by atoms with Gasteiger partial charge in [0.2, 0.25) is 0 Å². The van der Waals surface area contributed by atoms with Crippen LogP contribution < -0.4 is 5.32 Å². The first kappa shape index (κ1) is 14.4. The van der Waals surface area contributed by atoms with E-state index >= 15 is 0 Å². The molecular weight excluding hydrogens is 298 g/mol. The van der Waals surface area contributed by atoms with Crippen molar-refractivity contribution in [1.29, 1.82) is 0 Å². The van der Waals surface area contributed by atoms with E-state index in [1.54, 1.807) is 25.4 Å². The summed E-state index contributed by atoms with van der Waals surface area (Å²) < 4.78 is 0.671. The number of benzene rings is 1. The number of halogens is 1. The first-order chi connectivity index (χ1) is 8.58. The van der Waals surface area contributed by atoms with E-state index in [0.29, 0.717) is 10.2 Å². The molecule has 0 fully saturated rings. The summed E-state index contributed by atoms with van der Waals surface area (Å²) in [5.41, 5.74) is 1.21. The molecule has 0 aromatic heterocycles. The first-order valence-corrected chi connectivity index (χ1v) is 6.21. The Balaban J connectivity index is 3.09. The lowest BCUT2D eigenvalue weighted by molar-refractivity contribution is -0.384. The highest BCUT2D eigenvalue weighted by Gasteiger charge is 2.14. The lowest BCUT2D eigenvalue weighted by Crippen LogP contribution is -2.03. The zero-order valence-electron chi connectivity index (χ0n) is 10.2. The average Bonchev–Trinajstić information content (AvgIpc) is 2.32. The van der Waals surface area contributed by atoms with Crippen molar-refractivity contribution in [3.63, 3.8) is 0 Å². The quantitative estimate of drug-likeness (QED) is 0.511. The SMILES string of the molecule is CC/C=C(\C=NC)Nc1ccc(Br)cc1[N+](=O)[O-]. The maximum absolute atomic E-state index is 11.0. The largest absolute Gasteiger partial charge is 0.349 e. The van der Waals surface area contributed by atoms with Gasteiger partial charge in [-0.1, -0.05) is 28.9 Å². The van der Waals surface area contributed by atoms with Crippen molar-refractivity contribution >= 4 is 33.5 Å². The summed E-state index contributed by atoms with van der Waals surface area (Å²) in [5, 5.41) is 14.0. The highest BCUT2D eigenvalue weighted by atomic mass is 79.9. The Hall–Kier alpha value is -1.69. The van der Waals surface area contributed by atoms with Crippen LogP contribution in [0.15, 0.2) is 39.4 Å². The molecule has 0 radical (unpaired) electrons. The summed E-state index contributed by atoms with van der Waals surface area (Å²) in [6, 6.07) is 4.88. The maximum atomic E-state index is 11.0. The summed E-state index contributed by atoms with van der Waals surface area (Å²) in [7, 11) is 1.65. The molecule has 0 aliphatic carbocycles. The van der Waals surface area contributed by atoms with Crippen LogP contribution >= 0.6 is 15.9 Å². The third-order valence-corrected chi connectivity index (χ3v) is 2.62. The van der Waals surface area contributed by atoms with Gasteiger partial charge < -0.3 is 5.32 Å². The number of rotatable bonds is 5. The molecule has 0 spiro atoms. The van der Waals surface area contributed by atoms with Gasteiger partial charge in [-0.05, 0) is 18.6 Å². The van der Waals surface area contributed by atoms with Crippen LogP contribution in [0.2, 0.25) is 0 Å². The van der Waals surface area contributed by atoms with Gasteiger partial charge in [0, 0.05) is 23.8 Å². The van der Waals surface area contributed by atoms with E-state index in [2.05, 4.69) is 26.2 Å². The Kier molecular flexibility index (Phi) is 5.51. The monoisotopic (exact) mass is 311 g/mol. The summed E-state index contributed by atoms with van der Waals surface area (Å²) >= 11 is 3.22. The molecule has 0 amide bonds. The molecule has 0 saturated carbocycles. The number of aliphatic imine (C=N–C) groups is 1. The zero-order valence-corrected chi connectivity index (χ0v) is 11.8. The van der Waals surface area contributed by atoms with E-state index in [4.69, 9.17) is 0 Å². The minimum absolute atomic E-state index is 0.0240. The number of nitro benzene ring substituents is 1. The smallest absolute Gasteiger partial charge is 0.293 e. The van der Waals surface area contributed by atoms with Gasteiger partial charge in [-0.2, -0.15) is 0 Å². The lowest BCUT2D eigenvalue weighted by atomic mass is 10.2. The fourth-order valence-corrected chi connectivity index (χ4v) is 1.76. The fourth-order valence-electron chi connectivity index (χ4n) is 1.41. The minimum atomic E-state index is -0.417. The Morgan fingerprint density at radius 1 is 1.61 bits per heavy atom. The van der Waals surface area contributed by atoms with Gasteiger partial charge in [0.25, 0.3) is 5.69 Å². The van der Waals surface area contributed by atoms with Crippen molar-refractivity contribution in [2.45, 2.75) is 13.3 Å². The van der Waals surface area contributed by atoms with Gasteiger partial charge in [-0.15, -0.1) is 0 Å². The molecule has 96 valence electrons. The molecular formula is C12H14BrN3O2. The number of anilines is 1. The topological polar surface area (TPSA) is 67.5 Å². The molecule has 1 N–H and O–H groups in total. The Labute approximate surface area is 114 Å². The van der Waals surface area contributed by atoms with E-state index in [1.807, 2.05) is 13.0 Å². The molecule has 0 aliphatic rings. The average molecular weight is 312 g/mol. The van der Waals surface area contributed by atoms with Gasteiger partial charge in [0.15, 0.2) is 0 Å². The fraction of sp³-hybridized carbons (Fsp3) is 0.250. The molecule has 0 heterocycles. The van der Waals surface area contributed by atoms with Crippen LogP contribution in [0.1, 0.15) is 13.3 Å². The third-order valence-electron chi connectivity index (χ3n) is 2.13.